The van der Waals surface area contributed by atoms with Crippen molar-refractivity contribution >= 4 is 29.4 Å². The molecule has 2 aromatic carbocycles. The monoisotopic (exact) mass is 386 g/mol. The molecule has 0 unspecified atom stereocenters. The van der Waals surface area contributed by atoms with Crippen LogP contribution in [0.4, 0.5) is 14.5 Å². The van der Waals surface area contributed by atoms with Crippen molar-refractivity contribution in [2.75, 3.05) is 5.32 Å². The molecule has 1 heterocycles. The fraction of sp³-hybridized carbons (Fsp3) is 0.158. The van der Waals surface area contributed by atoms with Gasteiger partial charge in [0.15, 0.2) is 0 Å². The summed E-state index contributed by atoms with van der Waals surface area (Å²) in [5.74, 6) is -5.78. The van der Waals surface area contributed by atoms with Gasteiger partial charge in [-0.15, -0.1) is 0 Å². The van der Waals surface area contributed by atoms with Gasteiger partial charge in [-0.3, -0.25) is 14.4 Å². The molecule has 0 radical (unpaired) electrons. The van der Waals surface area contributed by atoms with Gasteiger partial charge in [0.25, 0.3) is 11.8 Å². The lowest BCUT2D eigenvalue weighted by molar-refractivity contribution is -0.176. The van der Waals surface area contributed by atoms with Gasteiger partial charge in [-0.2, -0.15) is 0 Å². The molecule has 7 nitrogen and oxygen atoms in total. The Morgan fingerprint density at radius 1 is 0.929 bits per heavy atom. The highest BCUT2D eigenvalue weighted by Gasteiger charge is 2.60. The van der Waals surface area contributed by atoms with Crippen LogP contribution in [0.3, 0.4) is 0 Å². The highest BCUT2D eigenvalue weighted by molar-refractivity contribution is 6.21. The van der Waals surface area contributed by atoms with Crippen LogP contribution >= 0.6 is 0 Å². The van der Waals surface area contributed by atoms with Crippen molar-refractivity contribution in [3.05, 3.63) is 65.2 Å². The molecule has 2 aromatic rings. The number of para-hydroxylation sites is 1. The number of hydrogen-bond donors (Lipinski definition) is 1. The predicted octanol–water partition coefficient (Wildman–Crippen LogP) is 2.44. The van der Waals surface area contributed by atoms with Crippen molar-refractivity contribution in [3.8, 4) is 0 Å². The first-order chi connectivity index (χ1) is 13.3. The molecule has 2 aliphatic rings. The smallest absolute Gasteiger partial charge is 0.329 e. The molecular formula is C19H12F2N2O5. The van der Waals surface area contributed by atoms with Crippen molar-refractivity contribution in [1.82, 2.24) is 5.06 Å². The van der Waals surface area contributed by atoms with Gasteiger partial charge in [0.05, 0.1) is 11.1 Å². The van der Waals surface area contributed by atoms with E-state index in [9.17, 15) is 28.0 Å². The molecule has 1 N–H and O–H groups in total. The number of imide groups is 1. The summed E-state index contributed by atoms with van der Waals surface area (Å²) >= 11 is 0. The van der Waals surface area contributed by atoms with E-state index in [1.165, 1.54) is 12.1 Å². The number of amides is 3. The third-order valence-electron chi connectivity index (χ3n) is 4.71. The van der Waals surface area contributed by atoms with E-state index >= 15 is 0 Å². The molecule has 4 rings (SSSR count). The Morgan fingerprint density at radius 3 is 1.96 bits per heavy atom. The van der Waals surface area contributed by atoms with Crippen LogP contribution < -0.4 is 5.32 Å². The molecule has 0 saturated heterocycles. The summed E-state index contributed by atoms with van der Waals surface area (Å²) in [7, 11) is 0. The van der Waals surface area contributed by atoms with Gasteiger partial charge in [0.2, 0.25) is 5.91 Å². The van der Waals surface area contributed by atoms with Gasteiger partial charge in [0, 0.05) is 0 Å². The van der Waals surface area contributed by atoms with Crippen molar-refractivity contribution in [2.24, 2.45) is 5.41 Å². The number of fused-ring (bicyclic) bond motifs is 1. The predicted molar refractivity (Wildman–Crippen MR) is 89.7 cm³/mol. The normalized spacial score (nSPS) is 16.6. The SMILES string of the molecule is O=C1c2ccccc2C(=O)N1OC(=O)C1(C(=O)Nc2c(F)cccc2F)CC1. The van der Waals surface area contributed by atoms with E-state index < -0.39 is 46.4 Å². The second kappa shape index (κ2) is 6.22. The number of halogens is 2. The molecule has 0 atom stereocenters. The summed E-state index contributed by atoms with van der Waals surface area (Å²) < 4.78 is 27.5. The largest absolute Gasteiger partial charge is 0.348 e. The highest BCUT2D eigenvalue weighted by atomic mass is 19.1. The zero-order chi connectivity index (χ0) is 20.1. The third kappa shape index (κ3) is 2.63. The first-order valence-corrected chi connectivity index (χ1v) is 8.31. The number of anilines is 1. The summed E-state index contributed by atoms with van der Waals surface area (Å²) in [6.07, 6.45) is 0.105. The lowest BCUT2D eigenvalue weighted by Gasteiger charge is -2.18. The highest BCUT2D eigenvalue weighted by Crippen LogP contribution is 2.48. The number of nitrogens with one attached hydrogen (secondary N) is 1. The average Bonchev–Trinajstić information content (AvgIpc) is 3.46. The molecule has 1 saturated carbocycles. The maximum Gasteiger partial charge on any atom is 0.348 e. The van der Waals surface area contributed by atoms with Gasteiger partial charge >= 0.3 is 5.97 Å². The van der Waals surface area contributed by atoms with Crippen LogP contribution in [0.25, 0.3) is 0 Å². The van der Waals surface area contributed by atoms with E-state index in [0.29, 0.717) is 5.06 Å². The van der Waals surface area contributed by atoms with Crippen LogP contribution in [0.5, 0.6) is 0 Å². The van der Waals surface area contributed by atoms with Crippen LogP contribution in [-0.4, -0.2) is 28.8 Å². The molecule has 1 fully saturated rings. The lowest BCUT2D eigenvalue weighted by Crippen LogP contribution is -2.40. The number of hydrogen-bond acceptors (Lipinski definition) is 5. The van der Waals surface area contributed by atoms with Crippen LogP contribution in [0.15, 0.2) is 42.5 Å². The molecule has 142 valence electrons. The van der Waals surface area contributed by atoms with E-state index in [4.69, 9.17) is 4.84 Å². The summed E-state index contributed by atoms with van der Waals surface area (Å²) in [6.45, 7) is 0. The van der Waals surface area contributed by atoms with E-state index in [1.54, 1.807) is 12.1 Å². The minimum absolute atomic E-state index is 0.0525. The van der Waals surface area contributed by atoms with Crippen molar-refractivity contribution in [3.63, 3.8) is 0 Å². The van der Waals surface area contributed by atoms with Gasteiger partial charge in [-0.1, -0.05) is 23.3 Å². The topological polar surface area (TPSA) is 92.8 Å². The van der Waals surface area contributed by atoms with Gasteiger partial charge < -0.3 is 10.2 Å². The average molecular weight is 386 g/mol. The molecule has 28 heavy (non-hydrogen) atoms. The summed E-state index contributed by atoms with van der Waals surface area (Å²) in [5.41, 5.74) is -2.26. The summed E-state index contributed by atoms with van der Waals surface area (Å²) in [4.78, 5) is 54.4. The Bertz CT molecular complexity index is 993. The standard InChI is InChI=1S/C19H12F2N2O5/c20-12-6-3-7-13(21)14(12)22-17(26)19(8-9-19)18(27)28-23-15(24)10-4-1-2-5-11(10)16(23)25/h1-7H,8-9H2,(H,22,26). The Morgan fingerprint density at radius 2 is 1.46 bits per heavy atom. The molecule has 0 bridgehead atoms. The third-order valence-corrected chi connectivity index (χ3v) is 4.71. The Kier molecular flexibility index (Phi) is 3.95. The number of carbonyl (C=O) groups excluding carboxylic acids is 4. The second-order valence-corrected chi connectivity index (χ2v) is 6.46. The molecule has 9 heteroatoms. The number of hydroxylamine groups is 2. The van der Waals surface area contributed by atoms with E-state index in [1.807, 2.05) is 5.32 Å². The minimum Gasteiger partial charge on any atom is -0.329 e. The molecule has 1 aliphatic carbocycles. The lowest BCUT2D eigenvalue weighted by atomic mass is 10.1. The van der Waals surface area contributed by atoms with Crippen molar-refractivity contribution in [1.29, 1.82) is 0 Å². The second-order valence-electron chi connectivity index (χ2n) is 6.46. The van der Waals surface area contributed by atoms with E-state index in [-0.39, 0.29) is 24.0 Å². The van der Waals surface area contributed by atoms with Crippen molar-refractivity contribution in [2.45, 2.75) is 12.8 Å². The minimum atomic E-state index is -1.72. The van der Waals surface area contributed by atoms with Gasteiger partial charge in [0.1, 0.15) is 22.7 Å². The fourth-order valence-electron chi connectivity index (χ4n) is 2.92. The molecular weight excluding hydrogens is 374 g/mol. The Labute approximate surface area is 156 Å². The molecule has 3 amide bonds. The maximum absolute atomic E-state index is 13.7. The summed E-state index contributed by atoms with van der Waals surface area (Å²) in [6, 6.07) is 8.95. The zero-order valence-electron chi connectivity index (χ0n) is 14.2. The number of benzene rings is 2. The van der Waals surface area contributed by atoms with Crippen molar-refractivity contribution < 1.29 is 32.8 Å². The van der Waals surface area contributed by atoms with E-state index in [2.05, 4.69) is 0 Å². The quantitative estimate of drug-likeness (QED) is 0.644. The Balaban J connectivity index is 1.52. The first kappa shape index (κ1) is 17.8. The van der Waals surface area contributed by atoms with Gasteiger partial charge in [-0.05, 0) is 37.1 Å². The Hall–Kier alpha value is -3.62. The summed E-state index contributed by atoms with van der Waals surface area (Å²) in [5, 5.41) is 2.34. The van der Waals surface area contributed by atoms with Crippen LogP contribution in [0.1, 0.15) is 33.6 Å². The number of carbonyl (C=O) groups is 4. The van der Waals surface area contributed by atoms with E-state index in [0.717, 1.165) is 18.2 Å². The maximum atomic E-state index is 13.7. The fourth-order valence-corrected chi connectivity index (χ4v) is 2.92. The molecule has 1 aliphatic heterocycles. The first-order valence-electron chi connectivity index (χ1n) is 8.31. The van der Waals surface area contributed by atoms with Crippen LogP contribution in [0, 0.1) is 17.0 Å². The molecule has 0 spiro atoms. The molecule has 0 aromatic heterocycles. The van der Waals surface area contributed by atoms with Crippen LogP contribution in [0.2, 0.25) is 0 Å². The number of nitrogens with zero attached hydrogens (tertiary/aromatic N) is 1. The number of rotatable bonds is 4. The zero-order valence-corrected chi connectivity index (χ0v) is 14.2. The van der Waals surface area contributed by atoms with Crippen LogP contribution in [-0.2, 0) is 14.4 Å². The van der Waals surface area contributed by atoms with Gasteiger partial charge in [-0.25, -0.2) is 13.6 Å².